The van der Waals surface area contributed by atoms with E-state index in [1.165, 1.54) is 25.3 Å². The molecule has 0 aliphatic heterocycles. The van der Waals surface area contributed by atoms with Crippen molar-refractivity contribution in [1.82, 2.24) is 4.98 Å². The van der Waals surface area contributed by atoms with Gasteiger partial charge in [-0.1, -0.05) is 18.7 Å². The quantitative estimate of drug-likeness (QED) is 0.623. The first-order valence-corrected chi connectivity index (χ1v) is 9.17. The molecule has 25 heavy (non-hydrogen) atoms. The van der Waals surface area contributed by atoms with Gasteiger partial charge in [-0.05, 0) is 68.4 Å². The number of aromatic amines is 1. The van der Waals surface area contributed by atoms with Crippen molar-refractivity contribution in [1.29, 1.82) is 0 Å². The Labute approximate surface area is 147 Å². The molecule has 0 radical (unpaired) electrons. The third-order valence-corrected chi connectivity index (χ3v) is 6.03. The van der Waals surface area contributed by atoms with Crippen LogP contribution in [0.5, 0.6) is 5.75 Å². The number of H-pyrrole nitrogens is 1. The number of carbonyl (C=O) groups excluding carboxylic acids is 1. The number of aromatic hydroxyl groups is 1. The van der Waals surface area contributed by atoms with E-state index in [0.717, 1.165) is 47.9 Å². The lowest BCUT2D eigenvalue weighted by molar-refractivity contribution is -0.181. The van der Waals surface area contributed by atoms with Crippen molar-refractivity contribution < 1.29 is 14.6 Å². The Morgan fingerprint density at radius 1 is 1.16 bits per heavy atom. The van der Waals surface area contributed by atoms with Gasteiger partial charge in [0, 0.05) is 23.2 Å². The minimum absolute atomic E-state index is 0.0972. The number of esters is 1. The van der Waals surface area contributed by atoms with E-state index in [9.17, 15) is 9.90 Å². The van der Waals surface area contributed by atoms with Crippen molar-refractivity contribution in [3.8, 4) is 5.75 Å². The number of nitrogens with one attached hydrogen (secondary N) is 1. The lowest BCUT2D eigenvalue weighted by atomic mass is 9.54. The van der Waals surface area contributed by atoms with Gasteiger partial charge in [0.2, 0.25) is 0 Å². The molecule has 0 saturated heterocycles. The lowest BCUT2D eigenvalue weighted by Crippen LogP contribution is -2.52. The van der Waals surface area contributed by atoms with Gasteiger partial charge in [0.1, 0.15) is 11.4 Å². The van der Waals surface area contributed by atoms with Crippen LogP contribution in [0.15, 0.2) is 43.1 Å². The summed E-state index contributed by atoms with van der Waals surface area (Å²) >= 11 is 0. The molecule has 132 valence electrons. The standard InChI is InChI=1S/C13H18O2.C8H7NO/c1-2-12(14)15-13-6-9-3-10(7-13)5-11(4-9)8-13;10-8-5-9-7-4-2-1-3-6(7)8/h2,9-11H,1,3-8H2;1-5,9-10H. The summed E-state index contributed by atoms with van der Waals surface area (Å²) in [6.45, 7) is 3.48. The molecule has 4 bridgehead atoms. The van der Waals surface area contributed by atoms with Crippen LogP contribution in [-0.4, -0.2) is 21.7 Å². The number of fused-ring (bicyclic) bond motifs is 1. The van der Waals surface area contributed by atoms with Gasteiger partial charge in [0.05, 0.1) is 0 Å². The van der Waals surface area contributed by atoms with Crippen LogP contribution in [-0.2, 0) is 9.53 Å². The van der Waals surface area contributed by atoms with Gasteiger partial charge in [0.15, 0.2) is 0 Å². The zero-order chi connectivity index (χ0) is 17.4. The van der Waals surface area contributed by atoms with E-state index in [4.69, 9.17) is 4.74 Å². The van der Waals surface area contributed by atoms with Crippen LogP contribution in [0.25, 0.3) is 10.9 Å². The highest BCUT2D eigenvalue weighted by atomic mass is 16.6. The van der Waals surface area contributed by atoms with Gasteiger partial charge < -0.3 is 14.8 Å². The summed E-state index contributed by atoms with van der Waals surface area (Å²) in [7, 11) is 0. The Morgan fingerprint density at radius 3 is 2.32 bits per heavy atom. The van der Waals surface area contributed by atoms with Gasteiger partial charge in [0.25, 0.3) is 0 Å². The highest BCUT2D eigenvalue weighted by molar-refractivity contribution is 5.85. The summed E-state index contributed by atoms with van der Waals surface area (Å²) in [5, 5.41) is 10.1. The van der Waals surface area contributed by atoms with Crippen LogP contribution >= 0.6 is 0 Å². The van der Waals surface area contributed by atoms with Crippen molar-refractivity contribution in [3.05, 3.63) is 43.1 Å². The van der Waals surface area contributed by atoms with Crippen LogP contribution in [0.2, 0.25) is 0 Å². The lowest BCUT2D eigenvalue weighted by Gasteiger charge is -2.55. The number of benzene rings is 1. The Kier molecular flexibility index (Phi) is 4.06. The first kappa shape index (κ1) is 16.2. The monoisotopic (exact) mass is 339 g/mol. The first-order valence-electron chi connectivity index (χ1n) is 9.17. The van der Waals surface area contributed by atoms with E-state index in [2.05, 4.69) is 11.6 Å². The SMILES string of the molecule is C=CC(=O)OC12CC3CC(CC(C3)C1)C2.Oc1c[nH]c2ccccc12. The number of aromatic nitrogens is 1. The Morgan fingerprint density at radius 2 is 1.76 bits per heavy atom. The fourth-order valence-electron chi connectivity index (χ4n) is 5.47. The first-order chi connectivity index (χ1) is 12.1. The van der Waals surface area contributed by atoms with Crippen LogP contribution in [0.3, 0.4) is 0 Å². The highest BCUT2D eigenvalue weighted by Gasteiger charge is 2.52. The molecule has 2 aromatic rings. The number of carbonyl (C=O) groups is 1. The molecule has 0 amide bonds. The molecule has 0 spiro atoms. The van der Waals surface area contributed by atoms with E-state index >= 15 is 0 Å². The van der Waals surface area contributed by atoms with E-state index in [1.54, 1.807) is 6.20 Å². The van der Waals surface area contributed by atoms with E-state index in [1.807, 2.05) is 24.3 Å². The smallest absolute Gasteiger partial charge is 0.330 e. The summed E-state index contributed by atoms with van der Waals surface area (Å²) in [6, 6.07) is 7.63. The maximum atomic E-state index is 11.4. The zero-order valence-electron chi connectivity index (χ0n) is 14.4. The van der Waals surface area contributed by atoms with Crippen LogP contribution < -0.4 is 0 Å². The molecule has 4 nitrogen and oxygen atoms in total. The Balaban J connectivity index is 0.000000136. The van der Waals surface area contributed by atoms with Crippen molar-refractivity contribution in [2.45, 2.75) is 44.1 Å². The average Bonchev–Trinajstić information content (AvgIpc) is 2.95. The third-order valence-electron chi connectivity index (χ3n) is 6.03. The second kappa shape index (κ2) is 6.25. The number of hydrogen-bond donors (Lipinski definition) is 2. The summed E-state index contributed by atoms with van der Waals surface area (Å²) < 4.78 is 5.64. The van der Waals surface area contributed by atoms with Crippen molar-refractivity contribution in [2.24, 2.45) is 17.8 Å². The summed E-state index contributed by atoms with van der Waals surface area (Å²) in [4.78, 5) is 14.3. The van der Waals surface area contributed by atoms with Gasteiger partial charge in [-0.25, -0.2) is 4.79 Å². The molecule has 1 heterocycles. The molecule has 0 atom stereocenters. The molecular weight excluding hydrogens is 314 g/mol. The van der Waals surface area contributed by atoms with Gasteiger partial charge in [-0.3, -0.25) is 0 Å². The third kappa shape index (κ3) is 3.17. The molecular formula is C21H25NO3. The zero-order valence-corrected chi connectivity index (χ0v) is 14.4. The number of ether oxygens (including phenoxy) is 1. The number of rotatable bonds is 2. The fraction of sp³-hybridized carbons (Fsp3) is 0.476. The Bertz CT molecular complexity index is 756. The highest BCUT2D eigenvalue weighted by Crippen LogP contribution is 2.57. The molecule has 4 heteroatoms. The molecule has 1 aromatic carbocycles. The van der Waals surface area contributed by atoms with E-state index in [-0.39, 0.29) is 11.6 Å². The average molecular weight is 339 g/mol. The molecule has 1 aromatic heterocycles. The van der Waals surface area contributed by atoms with Crippen molar-refractivity contribution >= 4 is 16.9 Å². The van der Waals surface area contributed by atoms with Gasteiger partial charge >= 0.3 is 5.97 Å². The summed E-state index contributed by atoms with van der Waals surface area (Å²) in [5.74, 6) is 2.57. The molecule has 2 N–H and O–H groups in total. The molecule has 4 fully saturated rings. The molecule has 4 saturated carbocycles. The number of hydrogen-bond acceptors (Lipinski definition) is 3. The Hall–Kier alpha value is -2.23. The second-order valence-corrected chi connectivity index (χ2v) is 7.95. The summed E-state index contributed by atoms with van der Waals surface area (Å²) in [5.41, 5.74) is 0.875. The van der Waals surface area contributed by atoms with Crippen LogP contribution in [0.1, 0.15) is 38.5 Å². The molecule has 0 unspecified atom stereocenters. The van der Waals surface area contributed by atoms with Crippen LogP contribution in [0.4, 0.5) is 0 Å². The predicted octanol–water partition coefficient (Wildman–Crippen LogP) is 4.56. The maximum absolute atomic E-state index is 11.4. The minimum Gasteiger partial charge on any atom is -0.506 e. The minimum atomic E-state index is -0.225. The molecule has 4 aliphatic rings. The van der Waals surface area contributed by atoms with E-state index < -0.39 is 0 Å². The largest absolute Gasteiger partial charge is 0.506 e. The maximum Gasteiger partial charge on any atom is 0.330 e. The van der Waals surface area contributed by atoms with Crippen molar-refractivity contribution in [2.75, 3.05) is 0 Å². The van der Waals surface area contributed by atoms with Crippen LogP contribution in [0, 0.1) is 17.8 Å². The number of para-hydroxylation sites is 1. The predicted molar refractivity (Wildman–Crippen MR) is 97.2 cm³/mol. The second-order valence-electron chi connectivity index (χ2n) is 7.95. The fourth-order valence-corrected chi connectivity index (χ4v) is 5.47. The molecule has 4 aliphatic carbocycles. The van der Waals surface area contributed by atoms with Gasteiger partial charge in [-0.2, -0.15) is 0 Å². The van der Waals surface area contributed by atoms with Crippen molar-refractivity contribution in [3.63, 3.8) is 0 Å². The van der Waals surface area contributed by atoms with E-state index in [0.29, 0.717) is 5.75 Å². The normalized spacial score (nSPS) is 32.1. The topological polar surface area (TPSA) is 62.3 Å². The summed E-state index contributed by atoms with van der Waals surface area (Å²) in [6.07, 6.45) is 10.4. The van der Waals surface area contributed by atoms with Gasteiger partial charge in [-0.15, -0.1) is 0 Å². The molecule has 6 rings (SSSR count).